The number of carboxylic acid groups (broad SMARTS) is 1. The number of para-hydroxylation sites is 2. The van der Waals surface area contributed by atoms with Gasteiger partial charge in [-0.15, -0.1) is 0 Å². The van der Waals surface area contributed by atoms with Crippen molar-refractivity contribution in [3.63, 3.8) is 0 Å². The number of benzene rings is 2. The number of aromatic carboxylic acids is 1. The van der Waals surface area contributed by atoms with Gasteiger partial charge in [-0.3, -0.25) is 0 Å². The standard InChI is InChI=1S/C21H23N3O3/c25-20(26)16-8-5-14(6-9-16)12-22-21(27)23-18-3-1-2-4-19(18)24-13-15-7-10-17(24)11-15/h1-6,8-9,15,17H,7,10-13H2,(H,25,26)(H2,22,23,27). The highest BCUT2D eigenvalue weighted by Crippen LogP contribution is 2.42. The van der Waals surface area contributed by atoms with Crippen molar-refractivity contribution in [2.75, 3.05) is 16.8 Å². The predicted octanol–water partition coefficient (Wildman–Crippen LogP) is 3.70. The molecule has 0 radical (unpaired) electrons. The molecular formula is C21H23N3O3. The van der Waals surface area contributed by atoms with Gasteiger partial charge in [0, 0.05) is 19.1 Å². The fraction of sp³-hybridized carbons (Fsp3) is 0.333. The molecule has 2 aromatic carbocycles. The van der Waals surface area contributed by atoms with Gasteiger partial charge >= 0.3 is 12.0 Å². The van der Waals surface area contributed by atoms with E-state index in [1.165, 1.54) is 31.4 Å². The van der Waals surface area contributed by atoms with Crippen LogP contribution in [0.2, 0.25) is 0 Å². The minimum atomic E-state index is -0.959. The molecule has 1 saturated heterocycles. The number of anilines is 2. The number of nitrogens with one attached hydrogen (secondary N) is 2. The number of hydrogen-bond acceptors (Lipinski definition) is 3. The van der Waals surface area contributed by atoms with E-state index in [1.54, 1.807) is 12.1 Å². The van der Waals surface area contributed by atoms with E-state index in [4.69, 9.17) is 5.11 Å². The van der Waals surface area contributed by atoms with Gasteiger partial charge in [-0.2, -0.15) is 0 Å². The zero-order valence-electron chi connectivity index (χ0n) is 15.0. The van der Waals surface area contributed by atoms with Crippen molar-refractivity contribution in [2.45, 2.75) is 31.8 Å². The number of fused-ring (bicyclic) bond motifs is 2. The SMILES string of the molecule is O=C(NCc1ccc(C(=O)O)cc1)Nc1ccccc1N1CC2CCC1C2. The van der Waals surface area contributed by atoms with Crippen LogP contribution in [0.25, 0.3) is 0 Å². The van der Waals surface area contributed by atoms with Crippen molar-refractivity contribution < 1.29 is 14.7 Å². The first kappa shape index (κ1) is 17.4. The van der Waals surface area contributed by atoms with E-state index >= 15 is 0 Å². The Morgan fingerprint density at radius 2 is 1.85 bits per heavy atom. The number of carbonyl (C=O) groups is 2. The summed E-state index contributed by atoms with van der Waals surface area (Å²) in [5.41, 5.74) is 2.99. The molecule has 2 amide bonds. The van der Waals surface area contributed by atoms with E-state index in [-0.39, 0.29) is 11.6 Å². The van der Waals surface area contributed by atoms with Gasteiger partial charge in [0.1, 0.15) is 0 Å². The van der Waals surface area contributed by atoms with Crippen LogP contribution < -0.4 is 15.5 Å². The number of rotatable bonds is 5. The molecule has 1 heterocycles. The summed E-state index contributed by atoms with van der Waals surface area (Å²) >= 11 is 0. The lowest BCUT2D eigenvalue weighted by atomic mass is 10.1. The molecule has 27 heavy (non-hydrogen) atoms. The van der Waals surface area contributed by atoms with Crippen LogP contribution in [0.5, 0.6) is 0 Å². The molecule has 0 spiro atoms. The van der Waals surface area contributed by atoms with E-state index in [2.05, 4.69) is 21.6 Å². The van der Waals surface area contributed by atoms with Crippen LogP contribution in [-0.4, -0.2) is 29.7 Å². The summed E-state index contributed by atoms with van der Waals surface area (Å²) in [6, 6.07) is 14.7. The first-order chi connectivity index (χ1) is 13.1. The molecule has 1 aliphatic heterocycles. The Morgan fingerprint density at radius 1 is 1.07 bits per heavy atom. The third-order valence-electron chi connectivity index (χ3n) is 5.52. The summed E-state index contributed by atoms with van der Waals surface area (Å²) in [6.45, 7) is 1.41. The van der Waals surface area contributed by atoms with Crippen LogP contribution in [0.4, 0.5) is 16.2 Å². The molecule has 2 aliphatic rings. The van der Waals surface area contributed by atoms with Gasteiger partial charge in [0.25, 0.3) is 0 Å². The molecule has 6 nitrogen and oxygen atoms in total. The first-order valence-electron chi connectivity index (χ1n) is 9.33. The molecule has 2 fully saturated rings. The number of amides is 2. The summed E-state index contributed by atoms with van der Waals surface area (Å²) in [6.07, 6.45) is 3.81. The van der Waals surface area contributed by atoms with Crippen LogP contribution in [0.1, 0.15) is 35.2 Å². The molecule has 0 aromatic heterocycles. The minimum Gasteiger partial charge on any atom is -0.478 e. The maximum absolute atomic E-state index is 12.4. The largest absolute Gasteiger partial charge is 0.478 e. The van der Waals surface area contributed by atoms with Crippen LogP contribution in [-0.2, 0) is 6.54 Å². The molecule has 2 unspecified atom stereocenters. The second-order valence-corrected chi connectivity index (χ2v) is 7.31. The van der Waals surface area contributed by atoms with Crippen molar-refractivity contribution in [1.29, 1.82) is 0 Å². The monoisotopic (exact) mass is 365 g/mol. The van der Waals surface area contributed by atoms with E-state index in [1.807, 2.05) is 18.2 Å². The van der Waals surface area contributed by atoms with Gasteiger partial charge in [-0.25, -0.2) is 9.59 Å². The number of carboxylic acids is 1. The second kappa shape index (κ2) is 7.31. The van der Waals surface area contributed by atoms with Crippen LogP contribution >= 0.6 is 0 Å². The summed E-state index contributed by atoms with van der Waals surface area (Å²) in [4.78, 5) is 25.7. The number of urea groups is 1. The van der Waals surface area contributed by atoms with Crippen LogP contribution in [0.3, 0.4) is 0 Å². The Labute approximate surface area is 158 Å². The number of carbonyl (C=O) groups excluding carboxylic acids is 1. The Balaban J connectivity index is 1.38. The Morgan fingerprint density at radius 3 is 2.52 bits per heavy atom. The van der Waals surface area contributed by atoms with Gasteiger partial charge in [-0.05, 0) is 55.0 Å². The normalized spacial score (nSPS) is 20.5. The highest BCUT2D eigenvalue weighted by Gasteiger charge is 2.38. The lowest BCUT2D eigenvalue weighted by Crippen LogP contribution is -2.34. The first-order valence-corrected chi connectivity index (χ1v) is 9.33. The third kappa shape index (κ3) is 3.74. The molecule has 1 saturated carbocycles. The lowest BCUT2D eigenvalue weighted by Gasteiger charge is -2.31. The molecule has 3 N–H and O–H groups in total. The third-order valence-corrected chi connectivity index (χ3v) is 5.52. The molecule has 140 valence electrons. The molecule has 2 atom stereocenters. The summed E-state index contributed by atoms with van der Waals surface area (Å²) in [7, 11) is 0. The summed E-state index contributed by atoms with van der Waals surface area (Å²) < 4.78 is 0. The smallest absolute Gasteiger partial charge is 0.335 e. The molecule has 6 heteroatoms. The summed E-state index contributed by atoms with van der Waals surface area (Å²) in [5, 5.41) is 14.7. The van der Waals surface area contributed by atoms with Crippen LogP contribution in [0, 0.1) is 5.92 Å². The highest BCUT2D eigenvalue weighted by molar-refractivity contribution is 5.93. The average molecular weight is 365 g/mol. The zero-order valence-corrected chi connectivity index (χ0v) is 15.0. The second-order valence-electron chi connectivity index (χ2n) is 7.31. The number of piperidine rings is 1. The van der Waals surface area contributed by atoms with Gasteiger partial charge in [0.05, 0.1) is 16.9 Å². The Hall–Kier alpha value is -3.02. The average Bonchev–Trinajstić information content (AvgIpc) is 3.30. The molecule has 1 aliphatic carbocycles. The van der Waals surface area contributed by atoms with Crippen molar-refractivity contribution in [1.82, 2.24) is 5.32 Å². The molecular weight excluding hydrogens is 342 g/mol. The highest BCUT2D eigenvalue weighted by atomic mass is 16.4. The van der Waals surface area contributed by atoms with Crippen molar-refractivity contribution in [2.24, 2.45) is 5.92 Å². The van der Waals surface area contributed by atoms with Crippen molar-refractivity contribution in [3.05, 3.63) is 59.7 Å². The van der Waals surface area contributed by atoms with Gasteiger partial charge in [0.15, 0.2) is 0 Å². The van der Waals surface area contributed by atoms with Crippen LogP contribution in [0.15, 0.2) is 48.5 Å². The fourth-order valence-corrected chi connectivity index (χ4v) is 4.16. The van der Waals surface area contributed by atoms with E-state index in [0.29, 0.717) is 12.6 Å². The van der Waals surface area contributed by atoms with Gasteiger partial charge in [0.2, 0.25) is 0 Å². The Bertz CT molecular complexity index is 850. The topological polar surface area (TPSA) is 81.7 Å². The Kier molecular flexibility index (Phi) is 4.71. The van der Waals surface area contributed by atoms with Gasteiger partial charge < -0.3 is 20.6 Å². The zero-order chi connectivity index (χ0) is 18.8. The summed E-state index contributed by atoms with van der Waals surface area (Å²) in [5.74, 6) is -0.176. The van der Waals surface area contributed by atoms with E-state index < -0.39 is 5.97 Å². The van der Waals surface area contributed by atoms with Crippen molar-refractivity contribution >= 4 is 23.4 Å². The number of hydrogen-bond donors (Lipinski definition) is 3. The number of nitrogens with zero attached hydrogens (tertiary/aromatic N) is 1. The van der Waals surface area contributed by atoms with Gasteiger partial charge in [-0.1, -0.05) is 24.3 Å². The van der Waals surface area contributed by atoms with Crippen molar-refractivity contribution in [3.8, 4) is 0 Å². The minimum absolute atomic E-state index is 0.233. The molecule has 2 aromatic rings. The van der Waals surface area contributed by atoms with E-state index in [9.17, 15) is 9.59 Å². The maximum Gasteiger partial charge on any atom is 0.335 e. The fourth-order valence-electron chi connectivity index (χ4n) is 4.16. The van der Waals surface area contributed by atoms with E-state index in [0.717, 1.165) is 29.4 Å². The molecule has 4 rings (SSSR count). The predicted molar refractivity (Wildman–Crippen MR) is 104 cm³/mol. The lowest BCUT2D eigenvalue weighted by molar-refractivity contribution is 0.0697. The maximum atomic E-state index is 12.4. The quantitative estimate of drug-likeness (QED) is 0.755. The molecule has 2 bridgehead atoms.